The van der Waals surface area contributed by atoms with Crippen LogP contribution in [0, 0.1) is 0 Å². The van der Waals surface area contributed by atoms with Crippen molar-refractivity contribution in [3.63, 3.8) is 0 Å². The van der Waals surface area contributed by atoms with Gasteiger partial charge in [0.1, 0.15) is 5.60 Å². The van der Waals surface area contributed by atoms with Crippen molar-refractivity contribution in [2.75, 3.05) is 110 Å². The molecule has 0 spiro atoms. The van der Waals surface area contributed by atoms with Crippen molar-refractivity contribution in [3.8, 4) is 22.3 Å². The number of rotatable bonds is 16. The molecule has 5 N–H and O–H groups in total. The Hall–Kier alpha value is -10.6. The van der Waals surface area contributed by atoms with Crippen molar-refractivity contribution in [2.24, 2.45) is 0 Å². The first-order chi connectivity index (χ1) is 50.8. The number of ether oxygens (including phenoxy) is 3. The van der Waals surface area contributed by atoms with Gasteiger partial charge in [0.05, 0.1) is 30.9 Å². The Labute approximate surface area is 626 Å². The molecule has 18 heteroatoms. The monoisotopic (exact) mass is 1480 g/mol. The van der Waals surface area contributed by atoms with E-state index in [4.69, 9.17) is 15.6 Å². The highest BCUT2D eigenvalue weighted by Crippen LogP contribution is 2.31. The van der Waals surface area contributed by atoms with Gasteiger partial charge in [-0.25, -0.2) is 19.2 Å². The second kappa shape index (κ2) is 39.9. The molecule has 13 rings (SSSR count). The number of hydrogen-bond donors (Lipinski definition) is 4. The van der Waals surface area contributed by atoms with E-state index in [9.17, 15) is 28.8 Å². The Bertz CT molecular complexity index is 4250. The standard InChI is InChI=1S/C30H34N2O3.C24H25N3O.C13H17NO2.C12H15NO2.C8H7BrO2/c1-30(2,3)35-29(34)31-27-17-14-24(22-10-6-4-7-11-22)20-25(27)21-28(33)23-12-15-26(16-13-23)32-18-8-5-9-19-32;25-23-11-8-20(18-4-2-1-3-5-18)16-21(23)17-24(28)19-6-9-22(10-7-19)27-14-12-26-13-15-27;1-16-13(15)11-5-7-12(8-6-11)14-9-3-2-4-10-14;14-12(15)10-4-6-11(7-5-10)13-8-2-1-3-9-13;1-11-8(10)6-2-4-7(9)5-3-6/h4,6-7,10-17,20H,5,8-9,18-19,21H2,1-3H3,(H,31,34);1-11,16,26H,12-15,17,25H2;5-8H,2-4,9-10H2,1H3;4-7H,1-3,8-9H2,(H,14,15);2-5H,1H3. The van der Waals surface area contributed by atoms with E-state index >= 15 is 0 Å². The summed E-state index contributed by atoms with van der Waals surface area (Å²) < 4.78 is 15.6. The van der Waals surface area contributed by atoms with Crippen LogP contribution in [0.2, 0.25) is 0 Å². The minimum atomic E-state index is -0.861. The largest absolute Gasteiger partial charge is 0.478 e. The molecule has 1 amide bonds. The molecule has 9 aromatic carbocycles. The van der Waals surface area contributed by atoms with E-state index in [1.165, 1.54) is 89.1 Å². The lowest BCUT2D eigenvalue weighted by molar-refractivity contribution is 0.0592. The predicted octanol–water partition coefficient (Wildman–Crippen LogP) is 18.0. The number of piperidine rings is 3. The first kappa shape index (κ1) is 78.6. The molecule has 4 heterocycles. The number of carboxylic acid groups (broad SMARTS) is 1. The number of nitrogens with two attached hydrogens (primary N) is 1. The number of anilines is 6. The normalized spacial score (nSPS) is 14.1. The van der Waals surface area contributed by atoms with E-state index in [0.29, 0.717) is 40.0 Å². The number of nitrogens with zero attached hydrogens (tertiary/aromatic N) is 4. The SMILES string of the molecule is CC(C)(C)OC(=O)Nc1ccc(-c2ccccc2)cc1CC(=O)c1ccc(N2CCCCC2)cc1.COC(=O)c1ccc(Br)cc1.COC(=O)c1ccc(N2CCCCC2)cc1.Nc1ccc(-c2ccccc2)cc1CC(=O)c1ccc(N2CCNCC2)cc1.O=C(O)c1ccc(N2CCCCC2)cc1. The number of halogens is 1. The number of hydrogen-bond acceptors (Lipinski definition) is 15. The molecule has 0 unspecified atom stereocenters. The number of methoxy groups -OCH3 is 2. The first-order valence-corrected chi connectivity index (χ1v) is 37.1. The van der Waals surface area contributed by atoms with Crippen LogP contribution in [-0.2, 0) is 27.1 Å². The summed E-state index contributed by atoms with van der Waals surface area (Å²) in [4.78, 5) is 80.8. The summed E-state index contributed by atoms with van der Waals surface area (Å²) in [6.45, 7) is 16.0. The molecule has 4 saturated heterocycles. The predicted molar refractivity (Wildman–Crippen MR) is 427 cm³/mol. The Kier molecular flexibility index (Phi) is 29.9. The number of carbonyl (C=O) groups excluding carboxylic acids is 5. The lowest BCUT2D eigenvalue weighted by Gasteiger charge is -2.29. The van der Waals surface area contributed by atoms with E-state index in [1.807, 2.05) is 191 Å². The topological polar surface area (TPSA) is 213 Å². The fourth-order valence-electron chi connectivity index (χ4n) is 12.7. The van der Waals surface area contributed by atoms with Crippen LogP contribution in [0.4, 0.5) is 38.9 Å². The number of Topliss-reactive ketones (excluding diaryl/α,β-unsaturated/α-hetero) is 2. The van der Waals surface area contributed by atoms with Crippen molar-refractivity contribution >= 4 is 85.6 Å². The molecule has 0 atom stereocenters. The Morgan fingerprint density at radius 2 is 0.781 bits per heavy atom. The third-order valence-electron chi connectivity index (χ3n) is 18.5. The first-order valence-electron chi connectivity index (χ1n) is 36.3. The van der Waals surface area contributed by atoms with Crippen LogP contribution in [0.5, 0.6) is 0 Å². The molecule has 4 aliphatic heterocycles. The zero-order valence-electron chi connectivity index (χ0n) is 61.0. The van der Waals surface area contributed by atoms with Crippen LogP contribution in [0.15, 0.2) is 223 Å². The molecule has 17 nitrogen and oxygen atoms in total. The van der Waals surface area contributed by atoms with Crippen molar-refractivity contribution in [1.29, 1.82) is 0 Å². The third-order valence-corrected chi connectivity index (χ3v) is 19.0. The summed E-state index contributed by atoms with van der Waals surface area (Å²) in [5.41, 5.74) is 20.2. The second-order valence-corrected chi connectivity index (χ2v) is 28.1. The minimum Gasteiger partial charge on any atom is -0.478 e. The van der Waals surface area contributed by atoms with E-state index in [-0.39, 0.29) is 29.9 Å². The average Bonchev–Trinajstić information content (AvgIpc) is 0.827. The quantitative estimate of drug-likeness (QED) is 0.0306. The van der Waals surface area contributed by atoms with Gasteiger partial charge in [-0.1, -0.05) is 88.7 Å². The molecule has 0 aromatic heterocycles. The highest BCUT2D eigenvalue weighted by Gasteiger charge is 2.22. The highest BCUT2D eigenvalue weighted by molar-refractivity contribution is 9.10. The van der Waals surface area contributed by atoms with E-state index in [1.54, 1.807) is 36.4 Å². The lowest BCUT2D eigenvalue weighted by atomic mass is 9.96. The van der Waals surface area contributed by atoms with Gasteiger partial charge >= 0.3 is 24.0 Å². The maximum Gasteiger partial charge on any atom is 0.412 e. The van der Waals surface area contributed by atoms with Crippen LogP contribution in [0.25, 0.3) is 22.3 Å². The Morgan fingerprint density at radius 3 is 1.17 bits per heavy atom. The van der Waals surface area contributed by atoms with Crippen LogP contribution < -0.4 is 36.0 Å². The molecule has 9 aromatic rings. The summed E-state index contributed by atoms with van der Waals surface area (Å²) in [5, 5.41) is 15.0. The summed E-state index contributed by atoms with van der Waals surface area (Å²) >= 11 is 3.26. The summed E-state index contributed by atoms with van der Waals surface area (Å²) in [5.74, 6) is -1.35. The number of benzene rings is 9. The fraction of sp³-hybridized carbons (Fsp3) is 0.310. The minimum absolute atomic E-state index is 0.00708. The number of carboxylic acids is 1. The molecule has 0 bridgehead atoms. The van der Waals surface area contributed by atoms with Gasteiger partial charge in [-0.3, -0.25) is 14.9 Å². The number of amides is 1. The number of piperazine rings is 1. The molecule has 105 heavy (non-hydrogen) atoms. The van der Waals surface area contributed by atoms with Crippen molar-refractivity contribution in [3.05, 3.63) is 262 Å². The van der Waals surface area contributed by atoms with Gasteiger partial charge in [-0.2, -0.15) is 0 Å². The van der Waals surface area contributed by atoms with Crippen LogP contribution in [0.1, 0.15) is 141 Å². The maximum atomic E-state index is 13.3. The maximum absolute atomic E-state index is 13.3. The van der Waals surface area contributed by atoms with Crippen LogP contribution in [0.3, 0.4) is 0 Å². The van der Waals surface area contributed by atoms with Gasteiger partial charge in [0.15, 0.2) is 11.6 Å². The highest BCUT2D eigenvalue weighted by atomic mass is 79.9. The number of ketones is 2. The Balaban J connectivity index is 0.000000162. The number of aromatic carboxylic acids is 1. The Morgan fingerprint density at radius 1 is 0.429 bits per heavy atom. The van der Waals surface area contributed by atoms with Crippen molar-refractivity contribution in [1.82, 2.24) is 5.32 Å². The molecule has 0 aliphatic carbocycles. The number of carbonyl (C=O) groups is 6. The summed E-state index contributed by atoms with van der Waals surface area (Å²) in [7, 11) is 2.77. The fourth-order valence-corrected chi connectivity index (χ4v) is 13.0. The van der Waals surface area contributed by atoms with Gasteiger partial charge in [-0.15, -0.1) is 0 Å². The van der Waals surface area contributed by atoms with E-state index in [2.05, 4.69) is 67.8 Å². The van der Waals surface area contributed by atoms with Crippen LogP contribution >= 0.6 is 15.9 Å². The zero-order valence-corrected chi connectivity index (χ0v) is 62.6. The number of nitrogen functional groups attached to an aromatic ring is 1. The van der Waals surface area contributed by atoms with Crippen LogP contribution in [-0.4, -0.2) is 126 Å². The molecule has 0 saturated carbocycles. The molecule has 4 fully saturated rings. The number of esters is 2. The second-order valence-electron chi connectivity index (χ2n) is 27.2. The van der Waals surface area contributed by atoms with Gasteiger partial charge in [0.2, 0.25) is 0 Å². The van der Waals surface area contributed by atoms with E-state index < -0.39 is 17.7 Å². The molecule has 0 radical (unpaired) electrons. The summed E-state index contributed by atoms with van der Waals surface area (Å²) in [6.07, 6.45) is 11.3. The van der Waals surface area contributed by atoms with Crippen molar-refractivity contribution < 1.29 is 48.1 Å². The third kappa shape index (κ3) is 24.5. The smallest absolute Gasteiger partial charge is 0.412 e. The molecular formula is C87H98BrN7O10. The zero-order chi connectivity index (χ0) is 74.5. The summed E-state index contributed by atoms with van der Waals surface area (Å²) in [6, 6.07) is 69.5. The van der Waals surface area contributed by atoms with Gasteiger partial charge in [0, 0.05) is 128 Å². The van der Waals surface area contributed by atoms with Crippen molar-refractivity contribution in [2.45, 2.75) is 97.0 Å². The van der Waals surface area contributed by atoms with E-state index in [0.717, 1.165) is 115 Å². The molecular weight excluding hydrogens is 1380 g/mol. The molecule has 548 valence electrons. The van der Waals surface area contributed by atoms with Gasteiger partial charge in [-0.05, 0) is 258 Å². The average molecular weight is 1480 g/mol. The number of nitrogens with one attached hydrogen (secondary N) is 2. The van der Waals surface area contributed by atoms with Gasteiger partial charge < -0.3 is 50.0 Å². The van der Waals surface area contributed by atoms with Gasteiger partial charge in [0.25, 0.3) is 0 Å². The lowest BCUT2D eigenvalue weighted by Crippen LogP contribution is -2.43. The molecule has 4 aliphatic rings.